The van der Waals surface area contributed by atoms with Crippen LogP contribution in [0.4, 0.5) is 15.8 Å². The molecular weight excluding hydrogens is 315 g/mol. The molecule has 2 N–H and O–H groups in total. The van der Waals surface area contributed by atoms with E-state index in [1.807, 2.05) is 11.8 Å². The third-order valence-electron chi connectivity index (χ3n) is 3.25. The summed E-state index contributed by atoms with van der Waals surface area (Å²) in [6.07, 6.45) is 1.08. The number of rotatable bonds is 1. The number of nitrogens with zero attached hydrogens (tertiary/aromatic N) is 1. The summed E-state index contributed by atoms with van der Waals surface area (Å²) in [5.74, 6) is 0.791. The second-order valence-corrected chi connectivity index (χ2v) is 7.83. The second-order valence-electron chi connectivity index (χ2n) is 5.17. The van der Waals surface area contributed by atoms with Gasteiger partial charge in [0.15, 0.2) is 0 Å². The van der Waals surface area contributed by atoms with E-state index in [0.29, 0.717) is 10.2 Å². The molecule has 0 spiro atoms. The first kappa shape index (κ1) is 14.0. The molecule has 1 fully saturated rings. The number of benzene rings is 1. The van der Waals surface area contributed by atoms with Crippen molar-refractivity contribution in [3.05, 3.63) is 22.4 Å². The highest BCUT2D eigenvalue weighted by molar-refractivity contribution is 9.10. The molecule has 0 unspecified atom stereocenters. The van der Waals surface area contributed by atoms with Gasteiger partial charge in [-0.2, -0.15) is 11.8 Å². The van der Waals surface area contributed by atoms with Crippen LogP contribution in [0.2, 0.25) is 0 Å². The number of hydrogen-bond donors (Lipinski definition) is 1. The molecule has 0 atom stereocenters. The molecule has 0 bridgehead atoms. The van der Waals surface area contributed by atoms with Crippen LogP contribution in [0, 0.1) is 5.82 Å². The molecular formula is C13H18BrFN2S. The van der Waals surface area contributed by atoms with E-state index >= 15 is 0 Å². The van der Waals surface area contributed by atoms with Crippen LogP contribution in [-0.4, -0.2) is 23.6 Å². The van der Waals surface area contributed by atoms with Crippen molar-refractivity contribution < 1.29 is 4.39 Å². The Labute approximate surface area is 120 Å². The van der Waals surface area contributed by atoms with Crippen LogP contribution in [0.15, 0.2) is 16.6 Å². The summed E-state index contributed by atoms with van der Waals surface area (Å²) in [6, 6.07) is 3.18. The fourth-order valence-electron chi connectivity index (χ4n) is 2.09. The molecule has 1 aliphatic rings. The number of thioether (sulfide) groups is 1. The van der Waals surface area contributed by atoms with Crippen LogP contribution >= 0.6 is 27.7 Å². The Hall–Kier alpha value is -0.420. The standard InChI is InChI=1S/C13H18BrFN2S/c1-13(2)3-4-17(5-6-18-13)12-8-10(15)9(14)7-11(12)16/h7-8H,3-6,16H2,1-2H3. The molecule has 1 aliphatic heterocycles. The first-order valence-corrected chi connectivity index (χ1v) is 7.80. The average Bonchev–Trinajstić information content (AvgIpc) is 2.45. The van der Waals surface area contributed by atoms with Crippen molar-refractivity contribution in [2.24, 2.45) is 0 Å². The van der Waals surface area contributed by atoms with E-state index in [1.54, 1.807) is 6.07 Å². The van der Waals surface area contributed by atoms with Gasteiger partial charge in [0.05, 0.1) is 15.8 Å². The highest BCUT2D eigenvalue weighted by Crippen LogP contribution is 2.35. The van der Waals surface area contributed by atoms with Gasteiger partial charge in [0, 0.05) is 29.7 Å². The number of hydrogen-bond acceptors (Lipinski definition) is 3. The Morgan fingerprint density at radius 1 is 1.39 bits per heavy atom. The van der Waals surface area contributed by atoms with E-state index < -0.39 is 0 Å². The minimum Gasteiger partial charge on any atom is -0.397 e. The van der Waals surface area contributed by atoms with Crippen LogP contribution in [0.1, 0.15) is 20.3 Å². The molecule has 1 aromatic carbocycles. The van der Waals surface area contributed by atoms with Gasteiger partial charge in [0.25, 0.3) is 0 Å². The van der Waals surface area contributed by atoms with Gasteiger partial charge >= 0.3 is 0 Å². The van der Waals surface area contributed by atoms with E-state index in [1.165, 1.54) is 6.07 Å². The largest absolute Gasteiger partial charge is 0.397 e. The molecule has 0 amide bonds. The van der Waals surface area contributed by atoms with Crippen molar-refractivity contribution in [3.63, 3.8) is 0 Å². The summed E-state index contributed by atoms with van der Waals surface area (Å²) in [7, 11) is 0. The van der Waals surface area contributed by atoms with E-state index in [0.717, 1.165) is 31.0 Å². The Morgan fingerprint density at radius 2 is 2.11 bits per heavy atom. The van der Waals surface area contributed by atoms with Crippen molar-refractivity contribution in [3.8, 4) is 0 Å². The van der Waals surface area contributed by atoms with Gasteiger partial charge in [0.1, 0.15) is 5.82 Å². The van der Waals surface area contributed by atoms with E-state index in [4.69, 9.17) is 5.73 Å². The van der Waals surface area contributed by atoms with Gasteiger partial charge in [-0.3, -0.25) is 0 Å². The molecule has 0 aliphatic carbocycles. The summed E-state index contributed by atoms with van der Waals surface area (Å²) < 4.78 is 14.3. The molecule has 0 saturated carbocycles. The maximum Gasteiger partial charge on any atom is 0.139 e. The smallest absolute Gasteiger partial charge is 0.139 e. The topological polar surface area (TPSA) is 29.3 Å². The summed E-state index contributed by atoms with van der Waals surface area (Å²) in [6.45, 7) is 6.35. The molecule has 5 heteroatoms. The minimum absolute atomic E-state index is 0.254. The van der Waals surface area contributed by atoms with Crippen molar-refractivity contribution in [1.82, 2.24) is 0 Å². The number of nitrogens with two attached hydrogens (primary N) is 1. The van der Waals surface area contributed by atoms with Crippen LogP contribution in [0.5, 0.6) is 0 Å². The Bertz CT molecular complexity index is 451. The van der Waals surface area contributed by atoms with Crippen LogP contribution in [-0.2, 0) is 0 Å². The molecule has 0 aromatic heterocycles. The monoisotopic (exact) mass is 332 g/mol. The summed E-state index contributed by atoms with van der Waals surface area (Å²) in [5.41, 5.74) is 7.44. The van der Waals surface area contributed by atoms with Crippen molar-refractivity contribution >= 4 is 39.1 Å². The molecule has 1 heterocycles. The summed E-state index contributed by atoms with van der Waals surface area (Å²) in [5, 5.41) is 0. The van der Waals surface area contributed by atoms with Gasteiger partial charge < -0.3 is 10.6 Å². The molecule has 18 heavy (non-hydrogen) atoms. The molecule has 1 aromatic rings. The highest BCUT2D eigenvalue weighted by Gasteiger charge is 2.24. The van der Waals surface area contributed by atoms with Gasteiger partial charge in [-0.1, -0.05) is 13.8 Å². The normalized spacial score (nSPS) is 19.7. The highest BCUT2D eigenvalue weighted by atomic mass is 79.9. The predicted octanol–water partition coefficient (Wildman–Crippen LogP) is 3.89. The molecule has 100 valence electrons. The predicted molar refractivity (Wildman–Crippen MR) is 81.9 cm³/mol. The SMILES string of the molecule is CC1(C)CCN(c2cc(F)c(Br)cc2N)CCS1. The van der Waals surface area contributed by atoms with Crippen molar-refractivity contribution in [2.75, 3.05) is 29.5 Å². The first-order valence-electron chi connectivity index (χ1n) is 6.02. The van der Waals surface area contributed by atoms with Crippen LogP contribution < -0.4 is 10.6 Å². The average molecular weight is 333 g/mol. The summed E-state index contributed by atoms with van der Waals surface area (Å²) >= 11 is 5.13. The lowest BCUT2D eigenvalue weighted by atomic mass is 10.1. The minimum atomic E-state index is -0.254. The van der Waals surface area contributed by atoms with E-state index in [-0.39, 0.29) is 10.6 Å². The fourth-order valence-corrected chi connectivity index (χ4v) is 3.55. The van der Waals surface area contributed by atoms with Gasteiger partial charge in [-0.05, 0) is 28.4 Å². The quantitative estimate of drug-likeness (QED) is 0.791. The summed E-state index contributed by atoms with van der Waals surface area (Å²) in [4.78, 5) is 2.19. The number of halogens is 2. The van der Waals surface area contributed by atoms with Crippen molar-refractivity contribution in [2.45, 2.75) is 25.0 Å². The third kappa shape index (κ3) is 3.12. The first-order chi connectivity index (χ1) is 8.39. The molecule has 0 radical (unpaired) electrons. The maximum absolute atomic E-state index is 13.6. The molecule has 2 rings (SSSR count). The third-order valence-corrected chi connectivity index (χ3v) is 5.23. The Morgan fingerprint density at radius 3 is 2.83 bits per heavy atom. The zero-order valence-electron chi connectivity index (χ0n) is 10.7. The zero-order chi connectivity index (χ0) is 13.3. The fraction of sp³-hybridized carbons (Fsp3) is 0.538. The molecule has 2 nitrogen and oxygen atoms in total. The van der Waals surface area contributed by atoms with E-state index in [9.17, 15) is 4.39 Å². The Balaban J connectivity index is 2.24. The zero-order valence-corrected chi connectivity index (χ0v) is 13.1. The second kappa shape index (κ2) is 5.29. The van der Waals surface area contributed by atoms with Crippen molar-refractivity contribution in [1.29, 1.82) is 0 Å². The molecule has 1 saturated heterocycles. The Kier molecular flexibility index (Phi) is 4.11. The number of anilines is 2. The van der Waals surface area contributed by atoms with Gasteiger partial charge in [-0.25, -0.2) is 4.39 Å². The lowest BCUT2D eigenvalue weighted by molar-refractivity contribution is 0.616. The van der Waals surface area contributed by atoms with Gasteiger partial charge in [-0.15, -0.1) is 0 Å². The number of nitrogen functional groups attached to an aromatic ring is 1. The maximum atomic E-state index is 13.6. The lowest BCUT2D eigenvalue weighted by Gasteiger charge is -2.25. The lowest BCUT2D eigenvalue weighted by Crippen LogP contribution is -2.27. The van der Waals surface area contributed by atoms with E-state index in [2.05, 4.69) is 34.7 Å². The van der Waals surface area contributed by atoms with Crippen LogP contribution in [0.25, 0.3) is 0 Å². The van der Waals surface area contributed by atoms with Gasteiger partial charge in [0.2, 0.25) is 0 Å². The van der Waals surface area contributed by atoms with Crippen LogP contribution in [0.3, 0.4) is 0 Å².